The van der Waals surface area contributed by atoms with Crippen LogP contribution in [0.2, 0.25) is 0 Å². The molecule has 3 aliphatic rings. The Kier molecular flexibility index (Phi) is 4.68. The molecule has 0 spiro atoms. The van der Waals surface area contributed by atoms with Crippen LogP contribution in [0, 0.1) is 11.8 Å². The Bertz CT molecular complexity index is 569. The number of fused-ring (bicyclic) bond motifs is 2. The molecule has 0 aromatic heterocycles. The van der Waals surface area contributed by atoms with Crippen molar-refractivity contribution < 1.29 is 19.3 Å². The zero-order valence-corrected chi connectivity index (χ0v) is 15.1. The predicted octanol–water partition coefficient (Wildman–Crippen LogP) is 0.176. The highest BCUT2D eigenvalue weighted by Crippen LogP contribution is 2.43. The summed E-state index contributed by atoms with van der Waals surface area (Å²) in [6.07, 6.45) is 6.07. The molecule has 4 heteroatoms. The molecule has 3 atom stereocenters. The average molecular weight is 332 g/mol. The van der Waals surface area contributed by atoms with Crippen molar-refractivity contribution in [1.82, 2.24) is 0 Å². The second-order valence-corrected chi connectivity index (χ2v) is 8.04. The standard InChI is InChI=1S/C20H30N2O2/c1-23-18-5-6-20(24-2)17(13-18)14-21-7-9-22(10-8-21)19-12-15-3-4-16(19)11-15/h5-6,13,15-16,19H,3-4,7-12,14H2,1-2H3/p+2/t15-,16+,19+/m0/s1. The fourth-order valence-electron chi connectivity index (χ4n) is 5.51. The lowest BCUT2D eigenvalue weighted by molar-refractivity contribution is -1.03. The molecule has 0 unspecified atom stereocenters. The van der Waals surface area contributed by atoms with E-state index in [9.17, 15) is 0 Å². The lowest BCUT2D eigenvalue weighted by Gasteiger charge is -2.36. The van der Waals surface area contributed by atoms with Crippen LogP contribution < -0.4 is 19.3 Å². The smallest absolute Gasteiger partial charge is 0.127 e. The van der Waals surface area contributed by atoms with E-state index in [1.807, 2.05) is 17.0 Å². The Morgan fingerprint density at radius 2 is 1.83 bits per heavy atom. The molecular formula is C20H32N2O2+2. The Hall–Kier alpha value is -1.26. The lowest BCUT2D eigenvalue weighted by Crippen LogP contribution is -3.29. The number of quaternary nitrogens is 2. The van der Waals surface area contributed by atoms with Gasteiger partial charge in [-0.25, -0.2) is 0 Å². The van der Waals surface area contributed by atoms with Crippen molar-refractivity contribution in [2.75, 3.05) is 40.4 Å². The minimum atomic E-state index is 0.927. The van der Waals surface area contributed by atoms with Gasteiger partial charge in [-0.15, -0.1) is 0 Å². The predicted molar refractivity (Wildman–Crippen MR) is 93.9 cm³/mol. The summed E-state index contributed by atoms with van der Waals surface area (Å²) >= 11 is 0. The van der Waals surface area contributed by atoms with Gasteiger partial charge in [0.05, 0.1) is 25.8 Å². The second-order valence-electron chi connectivity index (χ2n) is 8.04. The number of hydrogen-bond donors (Lipinski definition) is 2. The van der Waals surface area contributed by atoms with Gasteiger partial charge in [0.2, 0.25) is 0 Å². The number of nitrogens with one attached hydrogen (secondary N) is 2. The van der Waals surface area contributed by atoms with E-state index in [0.29, 0.717) is 0 Å². The molecular weight excluding hydrogens is 300 g/mol. The first-order chi connectivity index (χ1) is 11.8. The van der Waals surface area contributed by atoms with Crippen molar-refractivity contribution >= 4 is 0 Å². The molecule has 0 radical (unpaired) electrons. The van der Waals surface area contributed by atoms with Gasteiger partial charge in [0.25, 0.3) is 0 Å². The van der Waals surface area contributed by atoms with Crippen molar-refractivity contribution in [3.8, 4) is 11.5 Å². The molecule has 1 aliphatic heterocycles. The Balaban J connectivity index is 1.35. The van der Waals surface area contributed by atoms with E-state index >= 15 is 0 Å². The number of ether oxygens (including phenoxy) is 2. The van der Waals surface area contributed by atoms with Gasteiger partial charge in [-0.05, 0) is 43.4 Å². The molecule has 3 fully saturated rings. The van der Waals surface area contributed by atoms with Crippen LogP contribution >= 0.6 is 0 Å². The van der Waals surface area contributed by atoms with Crippen LogP contribution in [-0.4, -0.2) is 46.4 Å². The molecule has 132 valence electrons. The van der Waals surface area contributed by atoms with Crippen molar-refractivity contribution in [3.63, 3.8) is 0 Å². The number of benzene rings is 1. The van der Waals surface area contributed by atoms with E-state index in [0.717, 1.165) is 35.9 Å². The Morgan fingerprint density at radius 1 is 1.00 bits per heavy atom. The molecule has 1 aromatic rings. The van der Waals surface area contributed by atoms with E-state index in [-0.39, 0.29) is 0 Å². The molecule has 1 saturated heterocycles. The minimum Gasteiger partial charge on any atom is -0.497 e. The van der Waals surface area contributed by atoms with E-state index < -0.39 is 0 Å². The SMILES string of the molecule is COc1ccc(OC)c(C[NH+]2CC[NH+]([C@@H]3C[C@H]4CC[C@@H]3C4)CC2)c1. The zero-order valence-electron chi connectivity index (χ0n) is 15.1. The highest BCUT2D eigenvalue weighted by molar-refractivity contribution is 5.39. The number of rotatable bonds is 5. The summed E-state index contributed by atoms with van der Waals surface area (Å²) in [5, 5.41) is 0. The summed E-state index contributed by atoms with van der Waals surface area (Å²) < 4.78 is 10.9. The first-order valence-electron chi connectivity index (χ1n) is 9.66. The van der Waals surface area contributed by atoms with Crippen LogP contribution in [-0.2, 0) is 6.54 Å². The lowest BCUT2D eigenvalue weighted by atomic mass is 9.93. The van der Waals surface area contributed by atoms with Crippen molar-refractivity contribution in [3.05, 3.63) is 23.8 Å². The fraction of sp³-hybridized carbons (Fsp3) is 0.700. The third kappa shape index (κ3) is 3.14. The van der Waals surface area contributed by atoms with Crippen LogP contribution in [0.25, 0.3) is 0 Å². The van der Waals surface area contributed by atoms with Gasteiger partial charge >= 0.3 is 0 Å². The topological polar surface area (TPSA) is 27.3 Å². The zero-order chi connectivity index (χ0) is 16.5. The van der Waals surface area contributed by atoms with Crippen molar-refractivity contribution in [1.29, 1.82) is 0 Å². The highest BCUT2D eigenvalue weighted by Gasteiger charge is 2.46. The fourth-order valence-corrected chi connectivity index (χ4v) is 5.51. The molecule has 4 rings (SSSR count). The highest BCUT2D eigenvalue weighted by atomic mass is 16.5. The average Bonchev–Trinajstić information content (AvgIpc) is 3.25. The van der Waals surface area contributed by atoms with E-state index in [1.54, 1.807) is 19.1 Å². The Morgan fingerprint density at radius 3 is 2.46 bits per heavy atom. The van der Waals surface area contributed by atoms with Crippen LogP contribution in [0.4, 0.5) is 0 Å². The van der Waals surface area contributed by atoms with Gasteiger partial charge in [0.1, 0.15) is 44.2 Å². The molecule has 1 heterocycles. The maximum absolute atomic E-state index is 5.55. The number of hydrogen-bond acceptors (Lipinski definition) is 2. The molecule has 0 amide bonds. The maximum atomic E-state index is 5.55. The third-order valence-corrected chi connectivity index (χ3v) is 6.79. The van der Waals surface area contributed by atoms with Crippen LogP contribution in [0.15, 0.2) is 18.2 Å². The summed E-state index contributed by atoms with van der Waals surface area (Å²) in [7, 11) is 3.49. The van der Waals surface area contributed by atoms with Crippen molar-refractivity contribution in [2.45, 2.75) is 38.3 Å². The second kappa shape index (κ2) is 6.93. The van der Waals surface area contributed by atoms with Gasteiger partial charge in [0, 0.05) is 12.3 Å². The quantitative estimate of drug-likeness (QED) is 0.805. The molecule has 2 saturated carbocycles. The summed E-state index contributed by atoms with van der Waals surface area (Å²) in [5.74, 6) is 4.03. The summed E-state index contributed by atoms with van der Waals surface area (Å²) in [6, 6.07) is 7.14. The van der Waals surface area contributed by atoms with Gasteiger partial charge < -0.3 is 19.3 Å². The molecule has 24 heavy (non-hydrogen) atoms. The van der Waals surface area contributed by atoms with Gasteiger partial charge in [0.15, 0.2) is 0 Å². The van der Waals surface area contributed by atoms with E-state index in [4.69, 9.17) is 9.47 Å². The summed E-state index contributed by atoms with van der Waals surface area (Å²) in [5.41, 5.74) is 1.27. The monoisotopic (exact) mass is 332 g/mol. The molecule has 1 aromatic carbocycles. The van der Waals surface area contributed by atoms with E-state index in [1.165, 1.54) is 57.4 Å². The van der Waals surface area contributed by atoms with Crippen LogP contribution in [0.3, 0.4) is 0 Å². The number of methoxy groups -OCH3 is 2. The minimum absolute atomic E-state index is 0.927. The Labute approximate surface area is 145 Å². The van der Waals surface area contributed by atoms with Gasteiger partial charge in [-0.2, -0.15) is 0 Å². The van der Waals surface area contributed by atoms with Crippen molar-refractivity contribution in [2.24, 2.45) is 11.8 Å². The summed E-state index contributed by atoms with van der Waals surface area (Å²) in [4.78, 5) is 3.59. The molecule has 2 N–H and O–H groups in total. The number of piperazine rings is 1. The first-order valence-corrected chi connectivity index (χ1v) is 9.66. The molecule has 2 aliphatic carbocycles. The maximum Gasteiger partial charge on any atom is 0.127 e. The molecule has 4 nitrogen and oxygen atoms in total. The normalized spacial score (nSPS) is 35.2. The van der Waals surface area contributed by atoms with Gasteiger partial charge in [-0.3, -0.25) is 0 Å². The third-order valence-electron chi connectivity index (χ3n) is 6.79. The van der Waals surface area contributed by atoms with E-state index in [2.05, 4.69) is 6.07 Å². The first kappa shape index (κ1) is 16.2. The summed E-state index contributed by atoms with van der Waals surface area (Å²) in [6.45, 7) is 6.29. The van der Waals surface area contributed by atoms with Gasteiger partial charge in [-0.1, -0.05) is 0 Å². The molecule has 2 bridgehead atoms. The van der Waals surface area contributed by atoms with Crippen LogP contribution in [0.1, 0.15) is 31.2 Å². The van der Waals surface area contributed by atoms with Crippen LogP contribution in [0.5, 0.6) is 11.5 Å². The largest absolute Gasteiger partial charge is 0.497 e.